The standard InChI is InChI=1S/C14H20N4O2S/c1-3-19-9(2)12-16-10(8-21-12)7-11-17-13(18-20-11)14(15)5-4-6-14/h8-9H,3-7,15H2,1-2H3. The van der Waals surface area contributed by atoms with Gasteiger partial charge in [0.15, 0.2) is 5.82 Å². The summed E-state index contributed by atoms with van der Waals surface area (Å²) in [5, 5.41) is 7.00. The summed E-state index contributed by atoms with van der Waals surface area (Å²) in [6.45, 7) is 4.67. The number of aromatic nitrogens is 3. The van der Waals surface area contributed by atoms with Crippen LogP contribution in [0.3, 0.4) is 0 Å². The van der Waals surface area contributed by atoms with Crippen LogP contribution in [0.4, 0.5) is 0 Å². The summed E-state index contributed by atoms with van der Waals surface area (Å²) in [4.78, 5) is 8.98. The lowest BCUT2D eigenvalue weighted by molar-refractivity contribution is 0.0761. The summed E-state index contributed by atoms with van der Waals surface area (Å²) >= 11 is 1.59. The molecule has 0 aliphatic heterocycles. The van der Waals surface area contributed by atoms with Crippen molar-refractivity contribution in [2.75, 3.05) is 6.61 Å². The predicted molar refractivity (Wildman–Crippen MR) is 79.0 cm³/mol. The Morgan fingerprint density at radius 3 is 2.95 bits per heavy atom. The fourth-order valence-corrected chi connectivity index (χ4v) is 3.20. The first kappa shape index (κ1) is 14.6. The average Bonchev–Trinajstić information content (AvgIpc) is 3.06. The lowest BCUT2D eigenvalue weighted by Crippen LogP contribution is -2.44. The molecule has 114 valence electrons. The summed E-state index contributed by atoms with van der Waals surface area (Å²) in [6, 6.07) is 0. The number of ether oxygens (including phenoxy) is 1. The highest BCUT2D eigenvalue weighted by molar-refractivity contribution is 7.09. The molecule has 0 saturated heterocycles. The van der Waals surface area contributed by atoms with E-state index in [9.17, 15) is 0 Å². The topological polar surface area (TPSA) is 87.1 Å². The molecule has 3 rings (SSSR count). The van der Waals surface area contributed by atoms with Crippen LogP contribution in [-0.4, -0.2) is 21.7 Å². The monoisotopic (exact) mass is 308 g/mol. The van der Waals surface area contributed by atoms with Crippen LogP contribution in [0.1, 0.15) is 61.6 Å². The van der Waals surface area contributed by atoms with E-state index in [1.54, 1.807) is 11.3 Å². The maximum atomic E-state index is 6.19. The van der Waals surface area contributed by atoms with E-state index in [1.165, 1.54) is 0 Å². The Morgan fingerprint density at radius 1 is 1.48 bits per heavy atom. The van der Waals surface area contributed by atoms with Gasteiger partial charge in [-0.15, -0.1) is 11.3 Å². The zero-order chi connectivity index (χ0) is 14.9. The van der Waals surface area contributed by atoms with Crippen molar-refractivity contribution in [1.29, 1.82) is 0 Å². The highest BCUT2D eigenvalue weighted by Crippen LogP contribution is 2.37. The summed E-state index contributed by atoms with van der Waals surface area (Å²) in [7, 11) is 0. The SMILES string of the molecule is CCOC(C)c1nc(Cc2nc(C3(N)CCC3)no2)cs1. The number of nitrogens with two attached hydrogens (primary N) is 1. The van der Waals surface area contributed by atoms with Crippen LogP contribution in [0, 0.1) is 0 Å². The number of hydrogen-bond donors (Lipinski definition) is 1. The minimum atomic E-state index is -0.377. The van der Waals surface area contributed by atoms with Gasteiger partial charge in [0.2, 0.25) is 5.89 Å². The zero-order valence-corrected chi connectivity index (χ0v) is 13.2. The van der Waals surface area contributed by atoms with Crippen molar-refractivity contribution in [3.05, 3.63) is 27.8 Å². The van der Waals surface area contributed by atoms with Gasteiger partial charge < -0.3 is 15.0 Å². The van der Waals surface area contributed by atoms with E-state index in [1.807, 2.05) is 19.2 Å². The Bertz CT molecular complexity index is 606. The number of hydrogen-bond acceptors (Lipinski definition) is 7. The highest BCUT2D eigenvalue weighted by atomic mass is 32.1. The van der Waals surface area contributed by atoms with Gasteiger partial charge in [0.1, 0.15) is 11.1 Å². The lowest BCUT2D eigenvalue weighted by Gasteiger charge is -2.34. The van der Waals surface area contributed by atoms with Crippen molar-refractivity contribution >= 4 is 11.3 Å². The molecule has 0 amide bonds. The first-order chi connectivity index (χ1) is 10.1. The number of rotatable bonds is 6. The fourth-order valence-electron chi connectivity index (χ4n) is 2.38. The summed E-state index contributed by atoms with van der Waals surface area (Å²) in [6.07, 6.45) is 3.55. The van der Waals surface area contributed by atoms with Crippen molar-refractivity contribution in [3.8, 4) is 0 Å². The quantitative estimate of drug-likeness (QED) is 0.882. The second kappa shape index (κ2) is 5.82. The molecule has 6 nitrogen and oxygen atoms in total. The second-order valence-corrected chi connectivity index (χ2v) is 6.36. The molecule has 0 bridgehead atoms. The summed E-state index contributed by atoms with van der Waals surface area (Å²) in [5.74, 6) is 1.20. The van der Waals surface area contributed by atoms with E-state index >= 15 is 0 Å². The van der Waals surface area contributed by atoms with Gasteiger partial charge in [-0.2, -0.15) is 4.98 Å². The van der Waals surface area contributed by atoms with Gasteiger partial charge in [0, 0.05) is 12.0 Å². The first-order valence-electron chi connectivity index (χ1n) is 7.28. The second-order valence-electron chi connectivity index (χ2n) is 5.47. The van der Waals surface area contributed by atoms with Crippen molar-refractivity contribution in [2.45, 2.75) is 51.2 Å². The molecule has 1 unspecified atom stereocenters. The minimum Gasteiger partial charge on any atom is -0.372 e. The van der Waals surface area contributed by atoms with Crippen molar-refractivity contribution in [3.63, 3.8) is 0 Å². The molecule has 21 heavy (non-hydrogen) atoms. The zero-order valence-electron chi connectivity index (χ0n) is 12.3. The molecule has 0 spiro atoms. The van der Waals surface area contributed by atoms with Gasteiger partial charge in [-0.1, -0.05) is 5.16 Å². The molecule has 1 fully saturated rings. The maximum absolute atomic E-state index is 6.19. The number of thiazole rings is 1. The van der Waals surface area contributed by atoms with E-state index in [0.717, 1.165) is 30.0 Å². The van der Waals surface area contributed by atoms with Crippen molar-refractivity contribution in [1.82, 2.24) is 15.1 Å². The Kier molecular flexibility index (Phi) is 4.05. The summed E-state index contributed by atoms with van der Waals surface area (Å²) < 4.78 is 10.8. The van der Waals surface area contributed by atoms with Crippen LogP contribution in [-0.2, 0) is 16.7 Å². The van der Waals surface area contributed by atoms with Crippen LogP contribution in [0.2, 0.25) is 0 Å². The van der Waals surface area contributed by atoms with Gasteiger partial charge in [0.05, 0.1) is 17.7 Å². The normalized spacial score (nSPS) is 18.4. The Balaban J connectivity index is 1.67. The molecular formula is C14H20N4O2S. The molecule has 2 heterocycles. The molecule has 2 N–H and O–H groups in total. The molecule has 1 aliphatic rings. The Labute approximate surface area is 127 Å². The van der Waals surface area contributed by atoms with Crippen molar-refractivity contribution < 1.29 is 9.26 Å². The third-order valence-electron chi connectivity index (χ3n) is 3.83. The van der Waals surface area contributed by atoms with Gasteiger partial charge in [-0.05, 0) is 33.1 Å². The van der Waals surface area contributed by atoms with Crippen LogP contribution >= 0.6 is 11.3 Å². The Hall–Kier alpha value is -1.31. The highest BCUT2D eigenvalue weighted by Gasteiger charge is 2.38. The molecule has 1 saturated carbocycles. The molecule has 7 heteroatoms. The fraction of sp³-hybridized carbons (Fsp3) is 0.643. The van der Waals surface area contributed by atoms with Gasteiger partial charge in [-0.3, -0.25) is 0 Å². The van der Waals surface area contributed by atoms with Crippen LogP contribution in [0.15, 0.2) is 9.90 Å². The third kappa shape index (κ3) is 3.00. The third-order valence-corrected chi connectivity index (χ3v) is 4.88. The van der Waals surface area contributed by atoms with E-state index in [2.05, 4.69) is 15.1 Å². The molecule has 1 aliphatic carbocycles. The average molecular weight is 308 g/mol. The Morgan fingerprint density at radius 2 is 2.29 bits per heavy atom. The lowest BCUT2D eigenvalue weighted by atomic mass is 9.77. The van der Waals surface area contributed by atoms with E-state index in [0.29, 0.717) is 24.7 Å². The minimum absolute atomic E-state index is 0.0225. The molecule has 2 aromatic heterocycles. The molecule has 0 aromatic carbocycles. The largest absolute Gasteiger partial charge is 0.372 e. The van der Waals surface area contributed by atoms with Crippen molar-refractivity contribution in [2.24, 2.45) is 5.73 Å². The molecule has 1 atom stereocenters. The molecule has 0 radical (unpaired) electrons. The van der Waals surface area contributed by atoms with Gasteiger partial charge in [0.25, 0.3) is 0 Å². The van der Waals surface area contributed by atoms with Crippen LogP contribution in [0.5, 0.6) is 0 Å². The summed E-state index contributed by atoms with van der Waals surface area (Å²) in [5.41, 5.74) is 6.74. The maximum Gasteiger partial charge on any atom is 0.232 e. The molecule has 2 aromatic rings. The van der Waals surface area contributed by atoms with Crippen LogP contribution in [0.25, 0.3) is 0 Å². The van der Waals surface area contributed by atoms with E-state index in [-0.39, 0.29) is 11.6 Å². The first-order valence-corrected chi connectivity index (χ1v) is 8.16. The van der Waals surface area contributed by atoms with Gasteiger partial charge >= 0.3 is 0 Å². The van der Waals surface area contributed by atoms with Gasteiger partial charge in [-0.25, -0.2) is 4.98 Å². The smallest absolute Gasteiger partial charge is 0.232 e. The van der Waals surface area contributed by atoms with E-state index in [4.69, 9.17) is 15.0 Å². The number of nitrogens with zero attached hydrogens (tertiary/aromatic N) is 3. The van der Waals surface area contributed by atoms with E-state index < -0.39 is 0 Å². The van der Waals surface area contributed by atoms with Crippen LogP contribution < -0.4 is 5.73 Å². The molecular weight excluding hydrogens is 288 g/mol. The predicted octanol–water partition coefficient (Wildman–Crippen LogP) is 2.55.